The Morgan fingerprint density at radius 1 is 1.39 bits per heavy atom. The van der Waals surface area contributed by atoms with Gasteiger partial charge in [-0.05, 0) is 31.2 Å². The summed E-state index contributed by atoms with van der Waals surface area (Å²) in [5, 5.41) is 33.1. The van der Waals surface area contributed by atoms with Crippen molar-refractivity contribution in [3.63, 3.8) is 0 Å². The number of nitriles is 1. The predicted molar refractivity (Wildman–Crippen MR) is 119 cm³/mol. The van der Waals surface area contributed by atoms with Gasteiger partial charge in [-0.15, -0.1) is 0 Å². The van der Waals surface area contributed by atoms with Crippen LogP contribution in [0.4, 0.5) is 11.4 Å². The number of hydrogen-bond acceptors (Lipinski definition) is 8. The minimum atomic E-state index is -1.51. The van der Waals surface area contributed by atoms with Gasteiger partial charge in [-0.1, -0.05) is 17.7 Å². The Balaban J connectivity index is 2.18. The first-order chi connectivity index (χ1) is 15.7. The van der Waals surface area contributed by atoms with E-state index in [1.165, 1.54) is 39.3 Å². The molecule has 3 unspecified atom stereocenters. The fourth-order valence-corrected chi connectivity index (χ4v) is 3.96. The normalized spacial score (nSPS) is 22.3. The molecular formula is C21H22ClN5O6. The summed E-state index contributed by atoms with van der Waals surface area (Å²) in [4.78, 5) is 16.0. The van der Waals surface area contributed by atoms with Crippen LogP contribution in [-0.4, -0.2) is 53.1 Å². The predicted octanol–water partition coefficient (Wildman–Crippen LogP) is 2.85. The van der Waals surface area contributed by atoms with E-state index in [4.69, 9.17) is 31.5 Å². The fraction of sp³-hybridized carbons (Fsp3) is 0.333. The molecule has 2 aromatic carbocycles. The molecule has 0 saturated heterocycles. The molecule has 11 nitrogen and oxygen atoms in total. The summed E-state index contributed by atoms with van der Waals surface area (Å²) in [6.45, 7) is 1.53. The number of non-ortho nitro benzene ring substituents is 1. The topological polar surface area (TPSA) is 156 Å². The number of ether oxygens (including phenoxy) is 3. The van der Waals surface area contributed by atoms with Crippen LogP contribution in [0.1, 0.15) is 18.5 Å². The van der Waals surface area contributed by atoms with Crippen LogP contribution in [-0.2, 0) is 9.47 Å². The average Bonchev–Trinajstić information content (AvgIpc) is 2.77. The molecule has 1 aliphatic heterocycles. The highest BCUT2D eigenvalue weighted by Crippen LogP contribution is 2.46. The number of nitrogens with zero attached hydrogens (tertiary/aromatic N) is 4. The van der Waals surface area contributed by atoms with E-state index < -0.39 is 29.0 Å². The number of guanidine groups is 1. The Morgan fingerprint density at radius 2 is 2.09 bits per heavy atom. The minimum absolute atomic E-state index is 0.172. The molecule has 33 heavy (non-hydrogen) atoms. The van der Waals surface area contributed by atoms with Crippen LogP contribution in [0.15, 0.2) is 47.5 Å². The van der Waals surface area contributed by atoms with Gasteiger partial charge in [0.25, 0.3) is 5.69 Å². The number of aliphatic imine (C=N–C) groups is 1. The molecule has 12 heteroatoms. The Labute approximate surface area is 194 Å². The van der Waals surface area contributed by atoms with E-state index in [9.17, 15) is 20.5 Å². The molecule has 3 N–H and O–H groups in total. The molecule has 1 aliphatic rings. The number of fused-ring (bicyclic) bond motifs is 1. The van der Waals surface area contributed by atoms with Crippen molar-refractivity contribution in [1.82, 2.24) is 4.90 Å². The second-order valence-corrected chi connectivity index (χ2v) is 7.81. The van der Waals surface area contributed by atoms with Gasteiger partial charge in [0.15, 0.2) is 18.1 Å². The van der Waals surface area contributed by atoms with Crippen LogP contribution in [0.25, 0.3) is 0 Å². The molecule has 0 fully saturated rings. The summed E-state index contributed by atoms with van der Waals surface area (Å²) in [7, 11) is 2.74. The summed E-state index contributed by atoms with van der Waals surface area (Å²) in [5.41, 5.74) is 4.93. The summed E-state index contributed by atoms with van der Waals surface area (Å²) in [6, 6.07) is 9.12. The minimum Gasteiger partial charge on any atom is -0.479 e. The van der Waals surface area contributed by atoms with Crippen molar-refractivity contribution >= 4 is 28.9 Å². The number of nitro benzene ring substituents is 1. The van der Waals surface area contributed by atoms with Crippen LogP contribution < -0.4 is 10.5 Å². The van der Waals surface area contributed by atoms with Gasteiger partial charge in [-0.3, -0.25) is 10.1 Å². The lowest BCUT2D eigenvalue weighted by molar-refractivity contribution is -0.385. The summed E-state index contributed by atoms with van der Waals surface area (Å²) < 4.78 is 16.6. The smallest absolute Gasteiger partial charge is 0.270 e. The third-order valence-electron chi connectivity index (χ3n) is 5.32. The lowest BCUT2D eigenvalue weighted by atomic mass is 9.83. The van der Waals surface area contributed by atoms with Crippen LogP contribution >= 0.6 is 11.6 Å². The van der Waals surface area contributed by atoms with Crippen molar-refractivity contribution in [2.75, 3.05) is 14.2 Å². The molecule has 0 amide bonds. The summed E-state index contributed by atoms with van der Waals surface area (Å²) >= 11 is 5.99. The molecule has 3 rings (SSSR count). The number of rotatable bonds is 6. The zero-order chi connectivity index (χ0) is 24.3. The van der Waals surface area contributed by atoms with E-state index in [0.717, 1.165) is 4.90 Å². The molecular weight excluding hydrogens is 454 g/mol. The fourth-order valence-electron chi connectivity index (χ4n) is 3.77. The Morgan fingerprint density at radius 3 is 2.67 bits per heavy atom. The number of aliphatic hydroxyl groups is 1. The van der Waals surface area contributed by atoms with Crippen molar-refractivity contribution in [1.29, 1.82) is 5.26 Å². The van der Waals surface area contributed by atoms with Gasteiger partial charge in [0.05, 0.1) is 10.6 Å². The molecule has 2 aromatic rings. The van der Waals surface area contributed by atoms with Gasteiger partial charge >= 0.3 is 0 Å². The Hall–Kier alpha value is -3.43. The van der Waals surface area contributed by atoms with E-state index in [0.29, 0.717) is 10.7 Å². The molecule has 0 saturated carbocycles. The first kappa shape index (κ1) is 24.2. The Bertz CT molecular complexity index is 1120. The molecule has 0 aromatic heterocycles. The SMILES string of the molecule is COC(OC)C1(C)Oc2ccc([N+](=O)[O-])cc2C(N(C#N)C(N)=Nc2cccc(Cl)c2)C1O. The first-order valence-electron chi connectivity index (χ1n) is 9.66. The molecule has 0 spiro atoms. The maximum absolute atomic E-state index is 11.4. The van der Waals surface area contributed by atoms with Crippen molar-refractivity contribution in [3.8, 4) is 11.9 Å². The van der Waals surface area contributed by atoms with Crippen molar-refractivity contribution in [3.05, 3.63) is 63.2 Å². The number of methoxy groups -OCH3 is 2. The Kier molecular flexibility index (Phi) is 7.04. The molecule has 0 aliphatic carbocycles. The highest BCUT2D eigenvalue weighted by atomic mass is 35.5. The first-order valence-corrected chi connectivity index (χ1v) is 10.0. The lowest BCUT2D eigenvalue weighted by Crippen LogP contribution is -2.62. The van der Waals surface area contributed by atoms with E-state index in [1.54, 1.807) is 24.3 Å². The number of nitro groups is 1. The van der Waals surface area contributed by atoms with Crippen LogP contribution in [0.3, 0.4) is 0 Å². The lowest BCUT2D eigenvalue weighted by Gasteiger charge is -2.47. The molecule has 0 radical (unpaired) electrons. The highest BCUT2D eigenvalue weighted by molar-refractivity contribution is 6.30. The monoisotopic (exact) mass is 475 g/mol. The van der Waals surface area contributed by atoms with Crippen LogP contribution in [0.2, 0.25) is 5.02 Å². The largest absolute Gasteiger partial charge is 0.479 e. The molecule has 0 bridgehead atoms. The zero-order valence-corrected chi connectivity index (χ0v) is 18.8. The van der Waals surface area contributed by atoms with Crippen molar-refractivity contribution < 1.29 is 24.2 Å². The maximum atomic E-state index is 11.4. The van der Waals surface area contributed by atoms with E-state index in [-0.39, 0.29) is 23.0 Å². The molecule has 1 heterocycles. The number of halogens is 1. The number of aliphatic hydroxyl groups excluding tert-OH is 1. The maximum Gasteiger partial charge on any atom is 0.270 e. The third kappa shape index (κ3) is 4.55. The highest BCUT2D eigenvalue weighted by Gasteiger charge is 2.54. The third-order valence-corrected chi connectivity index (χ3v) is 5.55. The van der Waals surface area contributed by atoms with Crippen LogP contribution in [0.5, 0.6) is 5.75 Å². The van der Waals surface area contributed by atoms with Crippen molar-refractivity contribution in [2.24, 2.45) is 10.7 Å². The average molecular weight is 476 g/mol. The van der Waals surface area contributed by atoms with E-state index >= 15 is 0 Å². The van der Waals surface area contributed by atoms with Crippen LogP contribution in [0, 0.1) is 21.6 Å². The van der Waals surface area contributed by atoms with Gasteiger partial charge < -0.3 is 25.1 Å². The van der Waals surface area contributed by atoms with Crippen molar-refractivity contribution in [2.45, 2.75) is 31.0 Å². The van der Waals surface area contributed by atoms with Gasteiger partial charge in [-0.2, -0.15) is 5.26 Å². The van der Waals surface area contributed by atoms with E-state index in [2.05, 4.69) is 4.99 Å². The number of benzene rings is 2. The standard InChI is InChI=1S/C21H22ClN5O6/c1-21(19(31-2)32-3)18(28)17(15-10-14(27(29)30)7-8-16(15)33-21)26(11-23)20(24)25-13-6-4-5-12(22)9-13/h4-10,17-19,28H,1-3H3,(H2,24,25). The molecule has 3 atom stereocenters. The number of nitrogens with two attached hydrogens (primary N) is 1. The number of hydrogen-bond donors (Lipinski definition) is 2. The van der Waals surface area contributed by atoms with Gasteiger partial charge in [0.2, 0.25) is 5.96 Å². The van der Waals surface area contributed by atoms with E-state index in [1.807, 2.05) is 6.19 Å². The van der Waals surface area contributed by atoms with Gasteiger partial charge in [0.1, 0.15) is 17.9 Å². The molecule has 174 valence electrons. The van der Waals surface area contributed by atoms with Gasteiger partial charge in [0, 0.05) is 36.9 Å². The van der Waals surface area contributed by atoms with Gasteiger partial charge in [-0.25, -0.2) is 9.89 Å². The summed E-state index contributed by atoms with van der Waals surface area (Å²) in [5.74, 6) is -0.0785. The second kappa shape index (κ2) is 9.60. The zero-order valence-electron chi connectivity index (χ0n) is 18.0. The quantitative estimate of drug-likeness (QED) is 0.122. The summed E-state index contributed by atoms with van der Waals surface area (Å²) in [6.07, 6.45) is -0.616. The second-order valence-electron chi connectivity index (χ2n) is 7.38.